The van der Waals surface area contributed by atoms with Crippen LogP contribution in [0.5, 0.6) is 0 Å². The van der Waals surface area contributed by atoms with Crippen LogP contribution in [0.4, 0.5) is 5.69 Å². The second kappa shape index (κ2) is 10.7. The molecule has 1 aliphatic rings. The average Bonchev–Trinajstić information content (AvgIpc) is 2.95. The number of ether oxygens (including phenoxy) is 1. The number of nitro benzene ring substituents is 1. The summed E-state index contributed by atoms with van der Waals surface area (Å²) in [5.74, 6) is -0.472. The summed E-state index contributed by atoms with van der Waals surface area (Å²) in [6.07, 6.45) is 6.31. The van der Waals surface area contributed by atoms with Gasteiger partial charge in [0.25, 0.3) is 5.69 Å². The third-order valence-corrected chi connectivity index (χ3v) is 6.95. The lowest BCUT2D eigenvalue weighted by molar-refractivity contribution is -0.384. The van der Waals surface area contributed by atoms with Gasteiger partial charge in [-0.2, -0.15) is 0 Å². The molecule has 7 heteroatoms. The summed E-state index contributed by atoms with van der Waals surface area (Å²) >= 11 is 0. The van der Waals surface area contributed by atoms with Crippen molar-refractivity contribution in [2.24, 2.45) is 0 Å². The molecule has 7 nitrogen and oxygen atoms in total. The minimum Gasteiger partial charge on any atom is -0.454 e. The summed E-state index contributed by atoms with van der Waals surface area (Å²) in [5, 5.41) is 11.5. The van der Waals surface area contributed by atoms with Gasteiger partial charge in [-0.1, -0.05) is 61.7 Å². The number of non-ortho nitro benzene ring substituents is 1. The van der Waals surface area contributed by atoms with Gasteiger partial charge in [0.2, 0.25) is 0 Å². The van der Waals surface area contributed by atoms with Crippen LogP contribution in [0.3, 0.4) is 0 Å². The van der Waals surface area contributed by atoms with Crippen molar-refractivity contribution in [3.05, 3.63) is 106 Å². The molecule has 5 rings (SSSR count). The number of hydrogen-bond donors (Lipinski definition) is 0. The monoisotopic (exact) mass is 494 g/mol. The van der Waals surface area contributed by atoms with E-state index in [-0.39, 0.29) is 11.3 Å². The molecule has 0 radical (unpaired) electrons. The second-order valence-corrected chi connectivity index (χ2v) is 9.33. The Morgan fingerprint density at radius 2 is 1.62 bits per heavy atom. The molecule has 0 amide bonds. The molecule has 0 aliphatic heterocycles. The highest BCUT2D eigenvalue weighted by Gasteiger charge is 2.19. The largest absolute Gasteiger partial charge is 0.454 e. The quantitative estimate of drug-likeness (QED) is 0.120. The number of fused-ring (bicyclic) bond motifs is 1. The summed E-state index contributed by atoms with van der Waals surface area (Å²) in [6.45, 7) is -0.473. The van der Waals surface area contributed by atoms with Gasteiger partial charge in [-0.15, -0.1) is 0 Å². The highest BCUT2D eigenvalue weighted by atomic mass is 16.6. The van der Waals surface area contributed by atoms with Crippen molar-refractivity contribution < 1.29 is 19.2 Å². The molecule has 186 valence electrons. The Hall–Kier alpha value is -4.39. The van der Waals surface area contributed by atoms with Crippen LogP contribution in [-0.4, -0.2) is 28.3 Å². The van der Waals surface area contributed by atoms with Crippen molar-refractivity contribution in [3.8, 4) is 11.3 Å². The Kier molecular flexibility index (Phi) is 7.03. The Balaban J connectivity index is 1.37. The standard InChI is InChI=1S/C30H26N2O5/c33-29(23-14-16-24(17-15-23)32(35)36)19-37-30(34)26-18-28(31-27-9-5-4-8-25(26)27)22-12-10-21(11-13-22)20-6-2-1-3-7-20/h4-5,8-18,20H,1-3,6-7,19H2. The van der Waals surface area contributed by atoms with E-state index in [1.807, 2.05) is 30.3 Å². The van der Waals surface area contributed by atoms with Crippen LogP contribution < -0.4 is 0 Å². The zero-order valence-electron chi connectivity index (χ0n) is 20.3. The smallest absolute Gasteiger partial charge is 0.339 e. The highest BCUT2D eigenvalue weighted by molar-refractivity contribution is 6.06. The highest BCUT2D eigenvalue weighted by Crippen LogP contribution is 2.34. The van der Waals surface area contributed by atoms with E-state index in [0.29, 0.717) is 28.1 Å². The first-order chi connectivity index (χ1) is 18.0. The van der Waals surface area contributed by atoms with Crippen LogP contribution in [0, 0.1) is 10.1 Å². The van der Waals surface area contributed by atoms with Crippen molar-refractivity contribution >= 4 is 28.3 Å². The van der Waals surface area contributed by atoms with Crippen LogP contribution in [0.1, 0.15) is 64.3 Å². The molecule has 0 spiro atoms. The molecule has 1 fully saturated rings. The van der Waals surface area contributed by atoms with Crippen LogP contribution in [0.2, 0.25) is 0 Å². The molecule has 0 unspecified atom stereocenters. The summed E-state index contributed by atoms with van der Waals surface area (Å²) in [5.41, 5.74) is 4.00. The molecule has 0 saturated heterocycles. The van der Waals surface area contributed by atoms with Gasteiger partial charge in [0.05, 0.1) is 21.7 Å². The van der Waals surface area contributed by atoms with Crippen molar-refractivity contribution in [2.45, 2.75) is 38.0 Å². The molecule has 0 atom stereocenters. The fraction of sp³-hybridized carbons (Fsp3) is 0.233. The minimum absolute atomic E-state index is 0.115. The SMILES string of the molecule is O=C(COC(=O)c1cc(-c2ccc(C3CCCCC3)cc2)nc2ccccc12)c1ccc([N+](=O)[O-])cc1. The number of nitrogens with zero attached hydrogens (tertiary/aromatic N) is 2. The third-order valence-electron chi connectivity index (χ3n) is 6.95. The maximum Gasteiger partial charge on any atom is 0.339 e. The van der Waals surface area contributed by atoms with E-state index in [1.54, 1.807) is 12.1 Å². The topological polar surface area (TPSA) is 99.4 Å². The van der Waals surface area contributed by atoms with E-state index < -0.39 is 23.3 Å². The number of hydrogen-bond acceptors (Lipinski definition) is 6. The first-order valence-corrected chi connectivity index (χ1v) is 12.4. The van der Waals surface area contributed by atoms with E-state index >= 15 is 0 Å². The number of carbonyl (C=O) groups is 2. The molecule has 1 aromatic heterocycles. The molecule has 1 heterocycles. The number of ketones is 1. The normalized spacial score (nSPS) is 13.8. The van der Waals surface area contributed by atoms with Gasteiger partial charge in [-0.05, 0) is 48.6 Å². The minimum atomic E-state index is -0.631. The molecule has 1 aliphatic carbocycles. The van der Waals surface area contributed by atoms with E-state index in [0.717, 1.165) is 5.56 Å². The molecule has 0 bridgehead atoms. The first-order valence-electron chi connectivity index (χ1n) is 12.4. The van der Waals surface area contributed by atoms with Crippen LogP contribution in [0.15, 0.2) is 78.9 Å². The van der Waals surface area contributed by atoms with Crippen LogP contribution in [-0.2, 0) is 4.74 Å². The van der Waals surface area contributed by atoms with E-state index in [2.05, 4.69) is 12.1 Å². The van der Waals surface area contributed by atoms with Gasteiger partial charge >= 0.3 is 5.97 Å². The number of Topliss-reactive ketones (excluding diaryl/α,β-unsaturated/α-hetero) is 1. The Bertz CT molecular complexity index is 1460. The molecule has 4 aromatic rings. The molecule has 3 aromatic carbocycles. The average molecular weight is 495 g/mol. The van der Waals surface area contributed by atoms with Gasteiger partial charge in [-0.3, -0.25) is 14.9 Å². The molecular weight excluding hydrogens is 468 g/mol. The lowest BCUT2D eigenvalue weighted by atomic mass is 9.84. The summed E-state index contributed by atoms with van der Waals surface area (Å²) in [6, 6.07) is 22.6. The van der Waals surface area contributed by atoms with Crippen LogP contribution >= 0.6 is 0 Å². The van der Waals surface area contributed by atoms with Crippen molar-refractivity contribution in [3.63, 3.8) is 0 Å². The summed E-state index contributed by atoms with van der Waals surface area (Å²) < 4.78 is 5.37. The predicted molar refractivity (Wildman–Crippen MR) is 141 cm³/mol. The Labute approximate surface area is 214 Å². The van der Waals surface area contributed by atoms with Gasteiger partial charge < -0.3 is 4.74 Å². The molecular formula is C30H26N2O5. The number of aromatic nitrogens is 1. The number of nitro groups is 1. The van der Waals surface area contributed by atoms with Gasteiger partial charge in [0.1, 0.15) is 0 Å². The molecule has 1 saturated carbocycles. The first kappa shape index (κ1) is 24.3. The lowest BCUT2D eigenvalue weighted by Crippen LogP contribution is -2.15. The summed E-state index contributed by atoms with van der Waals surface area (Å²) in [7, 11) is 0. The van der Waals surface area contributed by atoms with Gasteiger partial charge in [-0.25, -0.2) is 9.78 Å². The van der Waals surface area contributed by atoms with E-state index in [1.165, 1.54) is 61.9 Å². The molecule has 0 N–H and O–H groups in total. The third kappa shape index (κ3) is 5.40. The number of carbonyl (C=O) groups excluding carboxylic acids is 2. The maximum absolute atomic E-state index is 13.1. The predicted octanol–water partition coefficient (Wildman–Crippen LogP) is 6.90. The number of pyridine rings is 1. The zero-order chi connectivity index (χ0) is 25.8. The number of benzene rings is 3. The van der Waals surface area contributed by atoms with Crippen molar-refractivity contribution in [2.75, 3.05) is 6.61 Å². The van der Waals surface area contributed by atoms with Gasteiger partial charge in [0, 0.05) is 28.6 Å². The van der Waals surface area contributed by atoms with Crippen molar-refractivity contribution in [1.29, 1.82) is 0 Å². The number of esters is 1. The van der Waals surface area contributed by atoms with E-state index in [9.17, 15) is 19.7 Å². The Morgan fingerprint density at radius 3 is 2.32 bits per heavy atom. The summed E-state index contributed by atoms with van der Waals surface area (Å²) in [4.78, 5) is 40.7. The number of para-hydroxylation sites is 1. The Morgan fingerprint density at radius 1 is 0.919 bits per heavy atom. The fourth-order valence-corrected chi connectivity index (χ4v) is 4.92. The van der Waals surface area contributed by atoms with Crippen molar-refractivity contribution in [1.82, 2.24) is 4.98 Å². The van der Waals surface area contributed by atoms with Crippen LogP contribution in [0.25, 0.3) is 22.2 Å². The maximum atomic E-state index is 13.1. The zero-order valence-corrected chi connectivity index (χ0v) is 20.3. The van der Waals surface area contributed by atoms with Gasteiger partial charge in [0.15, 0.2) is 12.4 Å². The molecule has 37 heavy (non-hydrogen) atoms. The number of rotatable bonds is 7. The lowest BCUT2D eigenvalue weighted by Gasteiger charge is -2.22. The second-order valence-electron chi connectivity index (χ2n) is 9.33. The van der Waals surface area contributed by atoms with E-state index in [4.69, 9.17) is 9.72 Å². The fourth-order valence-electron chi connectivity index (χ4n) is 4.92.